The second kappa shape index (κ2) is 7.23. The molecule has 0 aromatic rings. The van der Waals surface area contributed by atoms with Crippen LogP contribution in [-0.4, -0.2) is 48.7 Å². The van der Waals surface area contributed by atoms with Crippen molar-refractivity contribution in [2.24, 2.45) is 5.92 Å². The molecule has 0 heterocycles. The standard InChI is InChI=1S/C10H19NO4/c1-8(2)7-15-5-4-9(12)11(3)6-10(13)14/h8H,4-7H2,1-3H3,(H,13,14). The second-order valence-electron chi connectivity index (χ2n) is 3.86. The number of nitrogens with zero attached hydrogens (tertiary/aromatic N) is 1. The molecule has 0 rings (SSSR count). The van der Waals surface area contributed by atoms with Gasteiger partial charge < -0.3 is 14.7 Å². The quantitative estimate of drug-likeness (QED) is 0.634. The van der Waals surface area contributed by atoms with E-state index in [1.54, 1.807) is 0 Å². The summed E-state index contributed by atoms with van der Waals surface area (Å²) < 4.78 is 5.23. The van der Waals surface area contributed by atoms with Gasteiger partial charge in [0.2, 0.25) is 5.91 Å². The molecule has 0 fully saturated rings. The number of hydrogen-bond acceptors (Lipinski definition) is 3. The first-order valence-electron chi connectivity index (χ1n) is 4.97. The Kier molecular flexibility index (Phi) is 6.70. The van der Waals surface area contributed by atoms with Gasteiger partial charge in [0.25, 0.3) is 0 Å². The summed E-state index contributed by atoms with van der Waals surface area (Å²) in [6.07, 6.45) is 0.233. The molecule has 0 saturated carbocycles. The first-order valence-corrected chi connectivity index (χ1v) is 4.97. The molecule has 1 N–H and O–H groups in total. The van der Waals surface area contributed by atoms with Crippen LogP contribution in [-0.2, 0) is 14.3 Å². The van der Waals surface area contributed by atoms with Crippen molar-refractivity contribution in [3.8, 4) is 0 Å². The zero-order valence-electron chi connectivity index (χ0n) is 9.52. The third kappa shape index (κ3) is 7.93. The van der Waals surface area contributed by atoms with E-state index in [4.69, 9.17) is 9.84 Å². The van der Waals surface area contributed by atoms with Crippen LogP contribution < -0.4 is 0 Å². The van der Waals surface area contributed by atoms with E-state index < -0.39 is 5.97 Å². The van der Waals surface area contributed by atoms with E-state index in [1.165, 1.54) is 11.9 Å². The molecule has 5 heteroatoms. The van der Waals surface area contributed by atoms with Crippen LogP contribution in [0.2, 0.25) is 0 Å². The number of carbonyl (C=O) groups excluding carboxylic acids is 1. The van der Waals surface area contributed by atoms with E-state index in [2.05, 4.69) is 0 Å². The lowest BCUT2D eigenvalue weighted by Crippen LogP contribution is -2.32. The topological polar surface area (TPSA) is 66.8 Å². The molecule has 0 aromatic heterocycles. The lowest BCUT2D eigenvalue weighted by molar-refractivity contribution is -0.143. The second-order valence-corrected chi connectivity index (χ2v) is 3.86. The van der Waals surface area contributed by atoms with Crippen molar-refractivity contribution >= 4 is 11.9 Å². The first kappa shape index (κ1) is 13.9. The Labute approximate surface area is 90.0 Å². The Morgan fingerprint density at radius 2 is 2.00 bits per heavy atom. The Balaban J connectivity index is 3.60. The van der Waals surface area contributed by atoms with Crippen LogP contribution in [0.3, 0.4) is 0 Å². The lowest BCUT2D eigenvalue weighted by Gasteiger charge is -2.14. The van der Waals surface area contributed by atoms with Gasteiger partial charge in [0, 0.05) is 13.7 Å². The van der Waals surface area contributed by atoms with Gasteiger partial charge in [-0.25, -0.2) is 0 Å². The summed E-state index contributed by atoms with van der Waals surface area (Å²) in [4.78, 5) is 22.8. The van der Waals surface area contributed by atoms with E-state index in [-0.39, 0.29) is 18.9 Å². The average Bonchev–Trinajstić information content (AvgIpc) is 2.10. The largest absolute Gasteiger partial charge is 0.480 e. The summed E-state index contributed by atoms with van der Waals surface area (Å²) in [6.45, 7) is 4.76. The SMILES string of the molecule is CC(C)COCCC(=O)N(C)CC(=O)O. The molecule has 0 bridgehead atoms. The van der Waals surface area contributed by atoms with Gasteiger partial charge in [-0.3, -0.25) is 9.59 Å². The zero-order valence-corrected chi connectivity index (χ0v) is 9.52. The predicted octanol–water partition coefficient (Wildman–Crippen LogP) is 0.592. The first-order chi connectivity index (χ1) is 6.93. The number of amides is 1. The number of hydrogen-bond donors (Lipinski definition) is 1. The van der Waals surface area contributed by atoms with Gasteiger partial charge in [0.15, 0.2) is 0 Å². The summed E-state index contributed by atoms with van der Waals surface area (Å²) in [5, 5.41) is 8.45. The normalized spacial score (nSPS) is 10.4. The third-order valence-corrected chi connectivity index (χ3v) is 1.71. The number of likely N-dealkylation sites (N-methyl/N-ethyl adjacent to an activating group) is 1. The highest BCUT2D eigenvalue weighted by Gasteiger charge is 2.11. The molecule has 15 heavy (non-hydrogen) atoms. The molecule has 0 atom stereocenters. The van der Waals surface area contributed by atoms with Gasteiger partial charge in [0.1, 0.15) is 6.54 Å². The van der Waals surface area contributed by atoms with Gasteiger partial charge in [-0.05, 0) is 5.92 Å². The van der Waals surface area contributed by atoms with E-state index >= 15 is 0 Å². The molecule has 1 amide bonds. The third-order valence-electron chi connectivity index (χ3n) is 1.71. The smallest absolute Gasteiger partial charge is 0.323 e. The van der Waals surface area contributed by atoms with Crippen LogP contribution in [0.4, 0.5) is 0 Å². The number of rotatable bonds is 7. The minimum atomic E-state index is -1.01. The number of ether oxygens (including phenoxy) is 1. The number of carbonyl (C=O) groups is 2. The molecule has 88 valence electrons. The molecule has 0 aliphatic carbocycles. The molecule has 0 unspecified atom stereocenters. The highest BCUT2D eigenvalue weighted by atomic mass is 16.5. The van der Waals surface area contributed by atoms with Crippen molar-refractivity contribution in [1.82, 2.24) is 4.90 Å². The zero-order chi connectivity index (χ0) is 11.8. The Morgan fingerprint density at radius 1 is 1.40 bits per heavy atom. The molecular weight excluding hydrogens is 198 g/mol. The fraction of sp³-hybridized carbons (Fsp3) is 0.800. The molecule has 0 spiro atoms. The molecule has 5 nitrogen and oxygen atoms in total. The van der Waals surface area contributed by atoms with Gasteiger partial charge >= 0.3 is 5.97 Å². The maximum atomic E-state index is 11.3. The summed E-state index contributed by atoms with van der Waals surface area (Å²) in [5.41, 5.74) is 0. The van der Waals surface area contributed by atoms with Crippen molar-refractivity contribution in [2.45, 2.75) is 20.3 Å². The number of carboxylic acid groups (broad SMARTS) is 1. The molecular formula is C10H19NO4. The summed E-state index contributed by atoms with van der Waals surface area (Å²) in [7, 11) is 1.47. The molecule has 0 aliphatic rings. The molecule has 0 aromatic carbocycles. The van der Waals surface area contributed by atoms with Crippen molar-refractivity contribution < 1.29 is 19.4 Å². The molecule has 0 radical (unpaired) electrons. The Bertz CT molecular complexity index is 215. The van der Waals surface area contributed by atoms with Crippen molar-refractivity contribution in [2.75, 3.05) is 26.8 Å². The summed E-state index contributed by atoms with van der Waals surface area (Å²) in [5.74, 6) is -0.771. The molecule has 0 aliphatic heterocycles. The Morgan fingerprint density at radius 3 is 2.47 bits per heavy atom. The minimum absolute atomic E-state index is 0.207. The van der Waals surface area contributed by atoms with E-state index in [9.17, 15) is 9.59 Å². The molecule has 0 saturated heterocycles. The summed E-state index contributed by atoms with van der Waals surface area (Å²) in [6, 6.07) is 0. The van der Waals surface area contributed by atoms with E-state index in [0.29, 0.717) is 19.1 Å². The lowest BCUT2D eigenvalue weighted by atomic mass is 10.2. The minimum Gasteiger partial charge on any atom is -0.480 e. The Hall–Kier alpha value is -1.10. The fourth-order valence-corrected chi connectivity index (χ4v) is 0.960. The number of carboxylic acids is 1. The van der Waals surface area contributed by atoms with Crippen molar-refractivity contribution in [3.05, 3.63) is 0 Å². The van der Waals surface area contributed by atoms with Gasteiger partial charge in [-0.2, -0.15) is 0 Å². The number of aliphatic carboxylic acids is 1. The maximum absolute atomic E-state index is 11.3. The van der Waals surface area contributed by atoms with Gasteiger partial charge in [0.05, 0.1) is 13.0 Å². The summed E-state index contributed by atoms with van der Waals surface area (Å²) >= 11 is 0. The van der Waals surface area contributed by atoms with Crippen LogP contribution in [0, 0.1) is 5.92 Å². The maximum Gasteiger partial charge on any atom is 0.323 e. The van der Waals surface area contributed by atoms with Crippen molar-refractivity contribution in [1.29, 1.82) is 0 Å². The van der Waals surface area contributed by atoms with Gasteiger partial charge in [-0.15, -0.1) is 0 Å². The average molecular weight is 217 g/mol. The van der Waals surface area contributed by atoms with Crippen molar-refractivity contribution in [3.63, 3.8) is 0 Å². The highest BCUT2D eigenvalue weighted by Crippen LogP contribution is 1.96. The highest BCUT2D eigenvalue weighted by molar-refractivity contribution is 5.81. The predicted molar refractivity (Wildman–Crippen MR) is 55.5 cm³/mol. The van der Waals surface area contributed by atoms with E-state index in [0.717, 1.165) is 0 Å². The fourth-order valence-electron chi connectivity index (χ4n) is 0.960. The van der Waals surface area contributed by atoms with Gasteiger partial charge in [-0.1, -0.05) is 13.8 Å². The van der Waals surface area contributed by atoms with Crippen LogP contribution in [0.1, 0.15) is 20.3 Å². The van der Waals surface area contributed by atoms with Crippen LogP contribution >= 0.6 is 0 Å². The monoisotopic (exact) mass is 217 g/mol. The van der Waals surface area contributed by atoms with E-state index in [1.807, 2.05) is 13.8 Å². The van der Waals surface area contributed by atoms with Crippen LogP contribution in [0.25, 0.3) is 0 Å². The van der Waals surface area contributed by atoms with Crippen LogP contribution in [0.5, 0.6) is 0 Å². The van der Waals surface area contributed by atoms with Crippen LogP contribution in [0.15, 0.2) is 0 Å².